The first-order valence-corrected chi connectivity index (χ1v) is 11.3. The Morgan fingerprint density at radius 2 is 2.00 bits per heavy atom. The molecule has 0 bridgehead atoms. The fourth-order valence-corrected chi connectivity index (χ4v) is 4.80. The minimum absolute atomic E-state index is 0.0546. The Balaban J connectivity index is 1.84. The molecule has 1 aromatic carbocycles. The first-order chi connectivity index (χ1) is 14.4. The summed E-state index contributed by atoms with van der Waals surface area (Å²) in [6.07, 6.45) is 8.35. The molecular weight excluding hydrogens is 404 g/mol. The van der Waals surface area contributed by atoms with Crippen LogP contribution in [0.3, 0.4) is 0 Å². The topological polar surface area (TPSA) is 87.0 Å². The molecule has 0 heterocycles. The molecule has 0 unspecified atom stereocenters. The molecule has 30 heavy (non-hydrogen) atoms. The minimum Gasteiger partial charge on any atom is -0.481 e. The molecule has 0 saturated heterocycles. The Morgan fingerprint density at radius 1 is 1.27 bits per heavy atom. The number of aliphatic hydroxyl groups is 2. The van der Waals surface area contributed by atoms with Crippen molar-refractivity contribution in [1.29, 1.82) is 0 Å². The molecule has 2 rings (SSSR count). The number of alkyl halides is 1. The van der Waals surface area contributed by atoms with Crippen LogP contribution in [0, 0.1) is 11.8 Å². The van der Waals surface area contributed by atoms with Crippen LogP contribution >= 0.6 is 11.6 Å². The van der Waals surface area contributed by atoms with Crippen LogP contribution in [-0.4, -0.2) is 46.0 Å². The number of hydrogen-bond donors (Lipinski definition) is 3. The van der Waals surface area contributed by atoms with Crippen molar-refractivity contribution in [2.24, 2.45) is 11.8 Å². The van der Waals surface area contributed by atoms with Crippen LogP contribution in [0.15, 0.2) is 36.4 Å². The van der Waals surface area contributed by atoms with Crippen molar-refractivity contribution in [2.75, 3.05) is 7.11 Å². The number of methoxy groups -OCH3 is 1. The summed E-state index contributed by atoms with van der Waals surface area (Å²) in [5, 5.41) is 29.5. The monoisotopic (exact) mass is 438 g/mol. The van der Waals surface area contributed by atoms with Crippen molar-refractivity contribution in [3.05, 3.63) is 47.5 Å². The zero-order valence-electron chi connectivity index (χ0n) is 17.8. The second-order valence-corrected chi connectivity index (χ2v) is 8.88. The zero-order chi connectivity index (χ0) is 21.9. The lowest BCUT2D eigenvalue weighted by atomic mass is 9.88. The first-order valence-electron chi connectivity index (χ1n) is 10.9. The van der Waals surface area contributed by atoms with Crippen molar-refractivity contribution < 1.29 is 24.9 Å². The number of aliphatic hydroxyl groups excluding tert-OH is 2. The van der Waals surface area contributed by atoms with Gasteiger partial charge >= 0.3 is 5.97 Å². The molecule has 1 aromatic rings. The maximum absolute atomic E-state index is 10.6. The van der Waals surface area contributed by atoms with Gasteiger partial charge in [-0.15, -0.1) is 11.6 Å². The van der Waals surface area contributed by atoms with Crippen molar-refractivity contribution in [2.45, 2.75) is 75.6 Å². The summed E-state index contributed by atoms with van der Waals surface area (Å²) in [5.41, 5.74) is 2.12. The van der Waals surface area contributed by atoms with Gasteiger partial charge in [-0.25, -0.2) is 0 Å². The van der Waals surface area contributed by atoms with Crippen molar-refractivity contribution >= 4 is 17.6 Å². The minimum atomic E-state index is -0.746. The van der Waals surface area contributed by atoms with E-state index in [4.69, 9.17) is 21.4 Å². The van der Waals surface area contributed by atoms with Gasteiger partial charge in [-0.2, -0.15) is 0 Å². The van der Waals surface area contributed by atoms with Gasteiger partial charge in [0.1, 0.15) is 0 Å². The second kappa shape index (κ2) is 13.1. The third-order valence-electron chi connectivity index (χ3n) is 5.85. The van der Waals surface area contributed by atoms with E-state index in [-0.39, 0.29) is 23.6 Å². The molecule has 1 fully saturated rings. The quantitative estimate of drug-likeness (QED) is 0.242. The van der Waals surface area contributed by atoms with E-state index in [0.29, 0.717) is 25.9 Å². The fourth-order valence-electron chi connectivity index (χ4n) is 4.32. The molecule has 6 heteroatoms. The lowest BCUT2D eigenvalue weighted by molar-refractivity contribution is -0.137. The lowest BCUT2D eigenvalue weighted by Gasteiger charge is -2.21. The number of carboxylic acid groups (broad SMARTS) is 1. The molecule has 3 N–H and O–H groups in total. The average Bonchev–Trinajstić information content (AvgIpc) is 2.95. The maximum atomic E-state index is 10.6. The molecule has 5 atom stereocenters. The molecule has 0 aliphatic heterocycles. The number of benzene rings is 1. The Morgan fingerprint density at radius 3 is 2.73 bits per heavy atom. The third kappa shape index (κ3) is 8.38. The van der Waals surface area contributed by atoms with E-state index in [0.717, 1.165) is 36.8 Å². The molecule has 5 nitrogen and oxygen atoms in total. The predicted octanol–water partition coefficient (Wildman–Crippen LogP) is 4.32. The molecule has 0 spiro atoms. The Bertz CT molecular complexity index is 677. The van der Waals surface area contributed by atoms with Crippen molar-refractivity contribution in [1.82, 2.24) is 0 Å². The van der Waals surface area contributed by atoms with Gasteiger partial charge in [-0.05, 0) is 36.3 Å². The Hall–Kier alpha value is -1.40. The van der Waals surface area contributed by atoms with Gasteiger partial charge in [-0.1, -0.05) is 55.7 Å². The number of rotatable bonds is 13. The van der Waals surface area contributed by atoms with E-state index in [1.807, 2.05) is 30.3 Å². The average molecular weight is 439 g/mol. The standard InChI is InChI=1S/C24H35ClO5/c1-30-16-18-8-6-7-17(13-18)14-19(26)11-12-21-20(22(25)15-23(21)27)9-4-2-3-5-10-24(28)29/h6-8,11-13,19-23,26-27H,2-5,9-10,14-16H2,1H3,(H,28,29)/t19-,20-,21-,22-,23-/m1/s1. The molecule has 0 amide bonds. The largest absolute Gasteiger partial charge is 0.481 e. The van der Waals surface area contributed by atoms with Crippen LogP contribution in [0.1, 0.15) is 56.1 Å². The number of carbonyl (C=O) groups is 1. The van der Waals surface area contributed by atoms with E-state index in [1.54, 1.807) is 13.2 Å². The summed E-state index contributed by atoms with van der Waals surface area (Å²) < 4.78 is 5.16. The highest BCUT2D eigenvalue weighted by Gasteiger charge is 2.39. The van der Waals surface area contributed by atoms with E-state index in [2.05, 4.69) is 0 Å². The molecule has 0 radical (unpaired) electrons. The summed E-state index contributed by atoms with van der Waals surface area (Å²) in [6, 6.07) is 7.98. The number of ether oxygens (including phenoxy) is 1. The Kier molecular flexibility index (Phi) is 10.9. The summed E-state index contributed by atoms with van der Waals surface area (Å²) in [7, 11) is 1.66. The van der Waals surface area contributed by atoms with Gasteiger partial charge < -0.3 is 20.1 Å². The van der Waals surface area contributed by atoms with Crippen LogP contribution in [0.2, 0.25) is 0 Å². The molecule has 1 saturated carbocycles. The van der Waals surface area contributed by atoms with Gasteiger partial charge in [0.2, 0.25) is 0 Å². The summed E-state index contributed by atoms with van der Waals surface area (Å²) in [6.45, 7) is 0.545. The van der Waals surface area contributed by atoms with Gasteiger partial charge in [0.25, 0.3) is 0 Å². The van der Waals surface area contributed by atoms with E-state index in [9.17, 15) is 15.0 Å². The van der Waals surface area contributed by atoms with Crippen LogP contribution in [0.4, 0.5) is 0 Å². The maximum Gasteiger partial charge on any atom is 0.303 e. The number of hydrogen-bond acceptors (Lipinski definition) is 4. The molecule has 168 valence electrons. The van der Waals surface area contributed by atoms with Crippen LogP contribution in [0.25, 0.3) is 0 Å². The highest BCUT2D eigenvalue weighted by atomic mass is 35.5. The van der Waals surface area contributed by atoms with Crippen LogP contribution in [-0.2, 0) is 22.6 Å². The van der Waals surface area contributed by atoms with Gasteiger partial charge in [0.05, 0.1) is 18.8 Å². The molecular formula is C24H35ClO5. The van der Waals surface area contributed by atoms with Crippen LogP contribution < -0.4 is 0 Å². The summed E-state index contributed by atoms with van der Waals surface area (Å²) in [5.74, 6) is -0.625. The number of unbranched alkanes of at least 4 members (excludes halogenated alkanes) is 3. The summed E-state index contributed by atoms with van der Waals surface area (Å²) >= 11 is 6.50. The highest BCUT2D eigenvalue weighted by Crippen LogP contribution is 2.40. The first kappa shape index (κ1) is 24.9. The van der Waals surface area contributed by atoms with Gasteiger partial charge in [-0.3, -0.25) is 4.79 Å². The Labute approximate surface area is 184 Å². The second-order valence-electron chi connectivity index (χ2n) is 8.32. The molecule has 1 aliphatic rings. The lowest BCUT2D eigenvalue weighted by Crippen LogP contribution is -2.19. The van der Waals surface area contributed by atoms with E-state index in [1.165, 1.54) is 0 Å². The van der Waals surface area contributed by atoms with E-state index < -0.39 is 18.2 Å². The van der Waals surface area contributed by atoms with Gasteiger partial charge in [0.15, 0.2) is 0 Å². The number of aliphatic carboxylic acids is 1. The fraction of sp³-hybridized carbons (Fsp3) is 0.625. The summed E-state index contributed by atoms with van der Waals surface area (Å²) in [4.78, 5) is 10.6. The third-order valence-corrected chi connectivity index (χ3v) is 6.35. The van der Waals surface area contributed by atoms with E-state index >= 15 is 0 Å². The van der Waals surface area contributed by atoms with Crippen molar-refractivity contribution in [3.63, 3.8) is 0 Å². The zero-order valence-corrected chi connectivity index (χ0v) is 18.5. The number of carboxylic acids is 1. The highest BCUT2D eigenvalue weighted by molar-refractivity contribution is 6.21. The number of halogens is 1. The normalized spacial score (nSPS) is 25.1. The predicted molar refractivity (Wildman–Crippen MR) is 119 cm³/mol. The van der Waals surface area contributed by atoms with Gasteiger partial charge in [0, 0.05) is 31.2 Å². The van der Waals surface area contributed by atoms with Crippen LogP contribution in [0.5, 0.6) is 0 Å². The van der Waals surface area contributed by atoms with Crippen molar-refractivity contribution in [3.8, 4) is 0 Å². The molecule has 1 aliphatic carbocycles. The SMILES string of the molecule is COCc1cccc(C[C@H](O)C=C[C@@H]2[C@@H](CCCCCCC(=O)O)[C@H](Cl)C[C@H]2O)c1. The molecule has 0 aromatic heterocycles. The smallest absolute Gasteiger partial charge is 0.303 e.